The first-order valence-corrected chi connectivity index (χ1v) is 9.47. The predicted molar refractivity (Wildman–Crippen MR) is 121 cm³/mol. The van der Waals surface area contributed by atoms with E-state index in [9.17, 15) is 0 Å². The average molecular weight is 401 g/mol. The van der Waals surface area contributed by atoms with Gasteiger partial charge in [0.15, 0.2) is 0 Å². The Labute approximate surface area is 175 Å². The van der Waals surface area contributed by atoms with Gasteiger partial charge in [-0.05, 0) is 41.5 Å². The third kappa shape index (κ3) is 3.43. The number of nitrogens with zero attached hydrogens (tertiary/aromatic N) is 2. The molecule has 0 fully saturated rings. The fraction of sp³-hybridized carbons (Fsp3) is 0.125. The number of hydrogen-bond donors (Lipinski definition) is 1. The summed E-state index contributed by atoms with van der Waals surface area (Å²) in [4.78, 5) is 5.99. The number of furan rings is 1. The molecule has 0 aliphatic rings. The number of hydrogen-bond acceptors (Lipinski definition) is 4. The SMILES string of the molecule is CN=C(N)N(c1cc(-c2cccc(OC)c2)ccc1OC)c1occ2ccccc12. The molecule has 1 heterocycles. The number of ether oxygens (including phenoxy) is 2. The highest BCUT2D eigenvalue weighted by Crippen LogP contribution is 2.40. The standard InChI is InChI=1S/C24H23N3O3/c1-26-24(25)27(23-20-10-5-4-7-18(20)15-30-23)21-14-17(11-12-22(21)29-3)16-8-6-9-19(13-16)28-2/h4-15H,1-3H3,(H2,25,26). The number of methoxy groups -OCH3 is 2. The van der Waals surface area contributed by atoms with Crippen molar-refractivity contribution in [3.63, 3.8) is 0 Å². The number of fused-ring (bicyclic) bond motifs is 1. The summed E-state index contributed by atoms with van der Waals surface area (Å²) in [7, 11) is 4.92. The summed E-state index contributed by atoms with van der Waals surface area (Å²) in [5.74, 6) is 2.30. The lowest BCUT2D eigenvalue weighted by molar-refractivity contribution is 0.415. The van der Waals surface area contributed by atoms with Crippen molar-refractivity contribution in [1.29, 1.82) is 0 Å². The van der Waals surface area contributed by atoms with Gasteiger partial charge in [0.1, 0.15) is 17.8 Å². The molecule has 4 aromatic rings. The lowest BCUT2D eigenvalue weighted by atomic mass is 10.0. The van der Waals surface area contributed by atoms with Gasteiger partial charge in [0.25, 0.3) is 0 Å². The molecule has 0 atom stereocenters. The number of benzene rings is 3. The number of nitrogens with two attached hydrogens (primary N) is 1. The molecule has 0 saturated heterocycles. The van der Waals surface area contributed by atoms with E-state index in [-0.39, 0.29) is 5.96 Å². The Balaban J connectivity index is 1.92. The maximum Gasteiger partial charge on any atom is 0.214 e. The van der Waals surface area contributed by atoms with Crippen molar-refractivity contribution in [3.05, 3.63) is 73.0 Å². The van der Waals surface area contributed by atoms with Crippen molar-refractivity contribution in [2.45, 2.75) is 0 Å². The van der Waals surface area contributed by atoms with Gasteiger partial charge in [-0.2, -0.15) is 0 Å². The van der Waals surface area contributed by atoms with Crippen molar-refractivity contribution in [1.82, 2.24) is 0 Å². The van der Waals surface area contributed by atoms with Gasteiger partial charge < -0.3 is 19.6 Å². The van der Waals surface area contributed by atoms with Gasteiger partial charge in [-0.15, -0.1) is 0 Å². The third-order valence-corrected chi connectivity index (χ3v) is 4.97. The van der Waals surface area contributed by atoms with E-state index in [4.69, 9.17) is 19.6 Å². The molecule has 30 heavy (non-hydrogen) atoms. The van der Waals surface area contributed by atoms with E-state index in [1.54, 1.807) is 32.4 Å². The van der Waals surface area contributed by atoms with Crippen LogP contribution in [-0.2, 0) is 0 Å². The zero-order chi connectivity index (χ0) is 21.1. The van der Waals surface area contributed by atoms with Gasteiger partial charge >= 0.3 is 0 Å². The van der Waals surface area contributed by atoms with Gasteiger partial charge in [0.2, 0.25) is 11.8 Å². The Morgan fingerprint density at radius 1 is 0.933 bits per heavy atom. The summed E-state index contributed by atoms with van der Waals surface area (Å²) in [5.41, 5.74) is 9.04. The first-order chi connectivity index (χ1) is 14.7. The van der Waals surface area contributed by atoms with Gasteiger partial charge in [-0.25, -0.2) is 4.90 Å². The average Bonchev–Trinajstić information content (AvgIpc) is 3.23. The largest absolute Gasteiger partial charge is 0.497 e. The van der Waals surface area contributed by atoms with Gasteiger partial charge in [0, 0.05) is 17.8 Å². The third-order valence-electron chi connectivity index (χ3n) is 4.97. The summed E-state index contributed by atoms with van der Waals surface area (Å²) in [6.07, 6.45) is 1.71. The molecule has 1 aromatic heterocycles. The predicted octanol–water partition coefficient (Wildman–Crippen LogP) is 5.20. The summed E-state index contributed by atoms with van der Waals surface area (Å²) < 4.78 is 16.9. The molecule has 0 amide bonds. The van der Waals surface area contributed by atoms with Crippen LogP contribution in [-0.4, -0.2) is 27.2 Å². The summed E-state index contributed by atoms with van der Waals surface area (Å²) >= 11 is 0. The Bertz CT molecular complexity index is 1210. The van der Waals surface area contributed by atoms with E-state index < -0.39 is 0 Å². The van der Waals surface area contributed by atoms with Crippen molar-refractivity contribution in [2.75, 3.05) is 26.2 Å². The fourth-order valence-corrected chi connectivity index (χ4v) is 3.43. The first kappa shape index (κ1) is 19.4. The fourth-order valence-electron chi connectivity index (χ4n) is 3.43. The number of aliphatic imine (C=N–C) groups is 1. The molecule has 0 bridgehead atoms. The summed E-state index contributed by atoms with van der Waals surface area (Å²) in [6.45, 7) is 0. The highest BCUT2D eigenvalue weighted by molar-refractivity contribution is 6.08. The van der Waals surface area contributed by atoms with Crippen LogP contribution in [0.5, 0.6) is 11.5 Å². The minimum atomic E-state index is 0.288. The second-order valence-corrected chi connectivity index (χ2v) is 6.66. The lowest BCUT2D eigenvalue weighted by Crippen LogP contribution is -2.33. The van der Waals surface area contributed by atoms with Crippen LogP contribution in [0.25, 0.3) is 21.9 Å². The molecule has 2 N–H and O–H groups in total. The Morgan fingerprint density at radius 2 is 1.73 bits per heavy atom. The molecule has 6 heteroatoms. The Morgan fingerprint density at radius 3 is 2.50 bits per heavy atom. The number of anilines is 2. The van der Waals surface area contributed by atoms with Crippen LogP contribution in [0, 0.1) is 0 Å². The minimum absolute atomic E-state index is 0.288. The molecule has 152 valence electrons. The molecule has 0 spiro atoms. The Kier molecular flexibility index (Phi) is 5.30. The first-order valence-electron chi connectivity index (χ1n) is 9.47. The van der Waals surface area contributed by atoms with Crippen molar-refractivity contribution in [3.8, 4) is 22.6 Å². The molecular weight excluding hydrogens is 378 g/mol. The van der Waals surface area contributed by atoms with E-state index >= 15 is 0 Å². The molecule has 0 aliphatic heterocycles. The van der Waals surface area contributed by atoms with Crippen molar-refractivity contribution < 1.29 is 13.9 Å². The highest BCUT2D eigenvalue weighted by Gasteiger charge is 2.23. The van der Waals surface area contributed by atoms with Crippen LogP contribution < -0.4 is 20.1 Å². The second kappa shape index (κ2) is 8.21. The molecule has 0 radical (unpaired) electrons. The Hall–Kier alpha value is -3.93. The molecule has 4 rings (SSSR count). The minimum Gasteiger partial charge on any atom is -0.497 e. The smallest absolute Gasteiger partial charge is 0.214 e. The lowest BCUT2D eigenvalue weighted by Gasteiger charge is -2.24. The van der Waals surface area contributed by atoms with E-state index in [1.165, 1.54) is 0 Å². The van der Waals surface area contributed by atoms with E-state index in [1.807, 2.05) is 66.7 Å². The van der Waals surface area contributed by atoms with Crippen LogP contribution in [0.3, 0.4) is 0 Å². The maximum atomic E-state index is 6.33. The summed E-state index contributed by atoms with van der Waals surface area (Å²) in [6, 6.07) is 21.7. The van der Waals surface area contributed by atoms with Crippen molar-refractivity contribution in [2.24, 2.45) is 10.7 Å². The van der Waals surface area contributed by atoms with Gasteiger partial charge in [0.05, 0.1) is 19.9 Å². The van der Waals surface area contributed by atoms with E-state index in [0.717, 1.165) is 33.3 Å². The zero-order valence-corrected chi connectivity index (χ0v) is 17.1. The van der Waals surface area contributed by atoms with Crippen LogP contribution in [0.4, 0.5) is 11.6 Å². The molecule has 0 aliphatic carbocycles. The van der Waals surface area contributed by atoms with Crippen LogP contribution in [0.1, 0.15) is 0 Å². The van der Waals surface area contributed by atoms with Crippen LogP contribution >= 0.6 is 0 Å². The van der Waals surface area contributed by atoms with Crippen LogP contribution in [0.15, 0.2) is 82.4 Å². The number of rotatable bonds is 5. The molecule has 6 nitrogen and oxygen atoms in total. The number of guanidine groups is 1. The normalized spacial score (nSPS) is 11.5. The quantitative estimate of drug-likeness (QED) is 0.368. The van der Waals surface area contributed by atoms with Gasteiger partial charge in [-0.3, -0.25) is 4.99 Å². The highest BCUT2D eigenvalue weighted by atomic mass is 16.5. The zero-order valence-electron chi connectivity index (χ0n) is 17.1. The molecular formula is C24H23N3O3. The monoisotopic (exact) mass is 401 g/mol. The van der Waals surface area contributed by atoms with E-state index in [0.29, 0.717) is 11.6 Å². The molecule has 0 unspecified atom stereocenters. The van der Waals surface area contributed by atoms with E-state index in [2.05, 4.69) is 4.99 Å². The van der Waals surface area contributed by atoms with Crippen molar-refractivity contribution >= 4 is 28.3 Å². The van der Waals surface area contributed by atoms with Crippen LogP contribution in [0.2, 0.25) is 0 Å². The molecule has 3 aromatic carbocycles. The topological polar surface area (TPSA) is 73.2 Å². The second-order valence-electron chi connectivity index (χ2n) is 6.66. The summed E-state index contributed by atoms with van der Waals surface area (Å²) in [5, 5.41) is 1.90. The molecule has 0 saturated carbocycles. The van der Waals surface area contributed by atoms with Gasteiger partial charge in [-0.1, -0.05) is 36.4 Å². The maximum absolute atomic E-state index is 6.33.